The van der Waals surface area contributed by atoms with Crippen molar-refractivity contribution in [3.05, 3.63) is 70.1 Å². The van der Waals surface area contributed by atoms with Crippen molar-refractivity contribution in [1.82, 2.24) is 20.1 Å². The Bertz CT molecular complexity index is 1340. The molecule has 2 aromatic rings. The van der Waals surface area contributed by atoms with E-state index in [4.69, 9.17) is 0 Å². The number of piperazine rings is 1. The molecule has 4 heterocycles. The second kappa shape index (κ2) is 10.4. The summed E-state index contributed by atoms with van der Waals surface area (Å²) in [7, 11) is 0. The predicted molar refractivity (Wildman–Crippen MR) is 147 cm³/mol. The van der Waals surface area contributed by atoms with E-state index in [1.165, 1.54) is 12.1 Å². The number of halogens is 2. The van der Waals surface area contributed by atoms with Crippen LogP contribution in [0.1, 0.15) is 51.4 Å². The number of pyridine rings is 1. The summed E-state index contributed by atoms with van der Waals surface area (Å²) in [5.41, 5.74) is 4.30. The van der Waals surface area contributed by atoms with E-state index in [-0.39, 0.29) is 42.3 Å². The van der Waals surface area contributed by atoms with Crippen molar-refractivity contribution in [2.24, 2.45) is 0 Å². The maximum Gasteiger partial charge on any atom is 0.249 e. The van der Waals surface area contributed by atoms with E-state index in [0.29, 0.717) is 38.3 Å². The van der Waals surface area contributed by atoms with Crippen LogP contribution in [0.2, 0.25) is 0 Å². The minimum Gasteiger partial charge on any atom is -0.333 e. The van der Waals surface area contributed by atoms with Gasteiger partial charge < -0.3 is 15.1 Å². The Balaban J connectivity index is 1.34. The van der Waals surface area contributed by atoms with Crippen LogP contribution in [0.15, 0.2) is 41.6 Å². The van der Waals surface area contributed by atoms with Crippen LogP contribution >= 0.6 is 0 Å². The van der Waals surface area contributed by atoms with Crippen molar-refractivity contribution < 1.29 is 18.4 Å². The molecule has 1 saturated heterocycles. The summed E-state index contributed by atoms with van der Waals surface area (Å²) in [6.45, 7) is 13.4. The van der Waals surface area contributed by atoms with Crippen molar-refractivity contribution >= 4 is 17.5 Å². The SMILES string of the molecule is CC1=C(C)C(=O)N(C[C@H]2CN[C@H](C)CN2CC(=O)N2CC(C)(C)c3ncc(Cc4ccc(F)cc4F)cc32)C1. The number of carbonyl (C=O) groups excluding carboxylic acids is 2. The van der Waals surface area contributed by atoms with Gasteiger partial charge in [0, 0.05) is 74.5 Å². The van der Waals surface area contributed by atoms with Gasteiger partial charge in [0.05, 0.1) is 17.9 Å². The van der Waals surface area contributed by atoms with Gasteiger partial charge in [-0.3, -0.25) is 19.5 Å². The maximum atomic E-state index is 14.3. The Labute approximate surface area is 228 Å². The first-order valence-corrected chi connectivity index (χ1v) is 13.6. The molecule has 39 heavy (non-hydrogen) atoms. The molecular formula is C30H37F2N5O2. The van der Waals surface area contributed by atoms with E-state index in [1.807, 2.05) is 24.8 Å². The summed E-state index contributed by atoms with van der Waals surface area (Å²) in [4.78, 5) is 37.1. The van der Waals surface area contributed by atoms with Crippen molar-refractivity contribution in [1.29, 1.82) is 0 Å². The van der Waals surface area contributed by atoms with Gasteiger partial charge in [0.2, 0.25) is 11.8 Å². The van der Waals surface area contributed by atoms with Crippen molar-refractivity contribution in [2.75, 3.05) is 44.2 Å². The molecule has 3 aliphatic rings. The molecule has 0 unspecified atom stereocenters. The van der Waals surface area contributed by atoms with E-state index in [9.17, 15) is 18.4 Å². The zero-order chi connectivity index (χ0) is 28.1. The minimum absolute atomic E-state index is 0.0220. The van der Waals surface area contributed by atoms with Crippen LogP contribution < -0.4 is 10.2 Å². The van der Waals surface area contributed by atoms with Crippen LogP contribution in [-0.2, 0) is 21.4 Å². The number of nitrogens with one attached hydrogen (secondary N) is 1. The fraction of sp³-hybridized carbons (Fsp3) is 0.500. The van der Waals surface area contributed by atoms with Gasteiger partial charge >= 0.3 is 0 Å². The molecule has 1 fully saturated rings. The summed E-state index contributed by atoms with van der Waals surface area (Å²) in [5.74, 6) is -1.16. The zero-order valence-electron chi connectivity index (χ0n) is 23.4. The summed E-state index contributed by atoms with van der Waals surface area (Å²) in [6.07, 6.45) is 1.97. The first-order valence-electron chi connectivity index (χ1n) is 13.6. The van der Waals surface area contributed by atoms with Crippen molar-refractivity contribution in [3.63, 3.8) is 0 Å². The molecule has 0 spiro atoms. The van der Waals surface area contributed by atoms with E-state index < -0.39 is 11.6 Å². The molecule has 3 aliphatic heterocycles. The molecule has 0 saturated carbocycles. The Morgan fingerprint density at radius 3 is 2.67 bits per heavy atom. The van der Waals surface area contributed by atoms with Gasteiger partial charge in [-0.1, -0.05) is 19.9 Å². The number of nitrogens with zero attached hydrogens (tertiary/aromatic N) is 4. The average Bonchev–Trinajstić information content (AvgIpc) is 3.28. The van der Waals surface area contributed by atoms with E-state index in [1.54, 1.807) is 11.1 Å². The molecule has 2 amide bonds. The molecule has 7 nitrogen and oxygen atoms in total. The number of fused-ring (bicyclic) bond motifs is 1. The zero-order valence-corrected chi connectivity index (χ0v) is 23.4. The van der Waals surface area contributed by atoms with Crippen LogP contribution in [0.4, 0.5) is 14.5 Å². The second-order valence-corrected chi connectivity index (χ2v) is 12.0. The fourth-order valence-corrected chi connectivity index (χ4v) is 5.94. The highest BCUT2D eigenvalue weighted by Crippen LogP contribution is 2.40. The molecular weight excluding hydrogens is 500 g/mol. The minimum atomic E-state index is -0.613. The van der Waals surface area contributed by atoms with Crippen molar-refractivity contribution in [3.8, 4) is 0 Å². The highest BCUT2D eigenvalue weighted by molar-refractivity contribution is 5.97. The van der Waals surface area contributed by atoms with Gasteiger partial charge in [0.25, 0.3) is 0 Å². The van der Waals surface area contributed by atoms with Gasteiger partial charge in [-0.05, 0) is 49.6 Å². The van der Waals surface area contributed by atoms with Crippen LogP contribution in [0.3, 0.4) is 0 Å². The van der Waals surface area contributed by atoms with Gasteiger partial charge in [0.15, 0.2) is 0 Å². The lowest BCUT2D eigenvalue weighted by molar-refractivity contribution is -0.126. The monoisotopic (exact) mass is 537 g/mol. The van der Waals surface area contributed by atoms with Gasteiger partial charge in [-0.15, -0.1) is 0 Å². The van der Waals surface area contributed by atoms with E-state index >= 15 is 0 Å². The Hall–Kier alpha value is -3.17. The average molecular weight is 538 g/mol. The number of rotatable bonds is 6. The fourth-order valence-electron chi connectivity index (χ4n) is 5.94. The molecule has 1 aromatic heterocycles. The van der Waals surface area contributed by atoms with E-state index in [0.717, 1.165) is 34.2 Å². The van der Waals surface area contributed by atoms with E-state index in [2.05, 4.69) is 36.0 Å². The Kier molecular flexibility index (Phi) is 7.33. The number of carbonyl (C=O) groups is 2. The molecule has 0 radical (unpaired) electrons. The lowest BCUT2D eigenvalue weighted by Crippen LogP contribution is -2.61. The van der Waals surface area contributed by atoms with Gasteiger partial charge in [0.1, 0.15) is 11.6 Å². The first-order chi connectivity index (χ1) is 18.4. The quantitative estimate of drug-likeness (QED) is 0.612. The normalized spacial score (nSPS) is 23.1. The standard InChI is InChI=1S/C30H37F2N5O2/c1-18-13-36(29(39)20(18)3)15-24-12-33-19(2)14-35(24)16-27(38)37-17-30(4,5)28-26(37)9-21(11-34-28)8-22-6-7-23(31)10-25(22)32/h6-7,9-11,19,24,33H,8,12-17H2,1-5H3/t19-,24-/m1/s1. The highest BCUT2D eigenvalue weighted by Gasteiger charge is 2.41. The molecule has 1 aromatic carbocycles. The number of aromatic nitrogens is 1. The number of anilines is 1. The topological polar surface area (TPSA) is 68.8 Å². The molecule has 208 valence electrons. The summed E-state index contributed by atoms with van der Waals surface area (Å²) >= 11 is 0. The van der Waals surface area contributed by atoms with Crippen LogP contribution in [-0.4, -0.2) is 78.0 Å². The van der Waals surface area contributed by atoms with Crippen LogP contribution in [0.5, 0.6) is 0 Å². The largest absolute Gasteiger partial charge is 0.333 e. The first kappa shape index (κ1) is 27.4. The smallest absolute Gasteiger partial charge is 0.249 e. The molecule has 5 rings (SSSR count). The van der Waals surface area contributed by atoms with Crippen molar-refractivity contribution in [2.45, 2.75) is 58.5 Å². The Morgan fingerprint density at radius 1 is 1.21 bits per heavy atom. The predicted octanol–water partition coefficient (Wildman–Crippen LogP) is 3.42. The maximum absolute atomic E-state index is 14.3. The number of hydrogen-bond acceptors (Lipinski definition) is 5. The molecule has 2 atom stereocenters. The highest BCUT2D eigenvalue weighted by atomic mass is 19.1. The summed E-state index contributed by atoms with van der Waals surface area (Å²) in [6, 6.07) is 5.74. The lowest BCUT2D eigenvalue weighted by Gasteiger charge is -2.41. The second-order valence-electron chi connectivity index (χ2n) is 12.0. The molecule has 0 bridgehead atoms. The number of hydrogen-bond donors (Lipinski definition) is 1. The lowest BCUT2D eigenvalue weighted by atomic mass is 9.91. The third kappa shape index (κ3) is 5.47. The molecule has 1 N–H and O–H groups in total. The third-order valence-corrected chi connectivity index (χ3v) is 8.29. The number of amides is 2. The number of benzene rings is 1. The summed E-state index contributed by atoms with van der Waals surface area (Å²) < 4.78 is 27.7. The third-order valence-electron chi connectivity index (χ3n) is 8.29. The Morgan fingerprint density at radius 2 is 1.97 bits per heavy atom. The summed E-state index contributed by atoms with van der Waals surface area (Å²) in [5, 5.41) is 3.50. The van der Waals surface area contributed by atoms with Gasteiger partial charge in [-0.25, -0.2) is 8.78 Å². The van der Waals surface area contributed by atoms with Gasteiger partial charge in [-0.2, -0.15) is 0 Å². The van der Waals surface area contributed by atoms with Crippen LogP contribution in [0.25, 0.3) is 0 Å². The molecule has 9 heteroatoms. The van der Waals surface area contributed by atoms with Crippen LogP contribution in [0, 0.1) is 11.6 Å². The molecule has 0 aliphatic carbocycles.